The molecule has 3 N–H and O–H groups in total. The van der Waals surface area contributed by atoms with Crippen LogP contribution in [0.15, 0.2) is 46.9 Å². The number of carbonyl (C=O) groups is 1. The average molecular weight is 348 g/mol. The molecule has 100 valence electrons. The first-order valence-electron chi connectivity index (χ1n) is 5.85. The second-order valence-electron chi connectivity index (χ2n) is 4.18. The highest BCUT2D eigenvalue weighted by Gasteiger charge is 2.10. The molecule has 0 fully saturated rings. The van der Waals surface area contributed by atoms with Gasteiger partial charge in [-0.3, -0.25) is 10.1 Å². The lowest BCUT2D eigenvalue weighted by molar-refractivity contribution is 0.102. The van der Waals surface area contributed by atoms with Crippen LogP contribution in [-0.2, 0) is 0 Å². The molecule has 0 aliphatic rings. The Kier molecular flexibility index (Phi) is 3.42. The van der Waals surface area contributed by atoms with Gasteiger partial charge in [-0.1, -0.05) is 23.5 Å². The number of nitrogen functional groups attached to an aromatic ring is 1. The van der Waals surface area contributed by atoms with Gasteiger partial charge in [0, 0.05) is 15.7 Å². The number of nitrogens with zero attached hydrogens (tertiary/aromatic N) is 1. The van der Waals surface area contributed by atoms with E-state index in [1.54, 1.807) is 18.2 Å². The van der Waals surface area contributed by atoms with E-state index in [9.17, 15) is 4.79 Å². The zero-order chi connectivity index (χ0) is 14.1. The van der Waals surface area contributed by atoms with Gasteiger partial charge >= 0.3 is 0 Å². The van der Waals surface area contributed by atoms with Gasteiger partial charge in [0.05, 0.1) is 10.2 Å². The van der Waals surface area contributed by atoms with Crippen LogP contribution in [0.25, 0.3) is 10.2 Å². The Morgan fingerprint density at radius 2 is 2.05 bits per heavy atom. The highest BCUT2D eigenvalue weighted by atomic mass is 79.9. The minimum Gasteiger partial charge on any atom is -0.398 e. The first-order valence-corrected chi connectivity index (χ1v) is 7.46. The molecule has 0 unspecified atom stereocenters. The number of hydrogen-bond acceptors (Lipinski definition) is 4. The van der Waals surface area contributed by atoms with Gasteiger partial charge in [0.25, 0.3) is 5.91 Å². The van der Waals surface area contributed by atoms with Crippen molar-refractivity contribution in [2.75, 3.05) is 11.1 Å². The first kappa shape index (κ1) is 13.1. The molecule has 0 saturated carbocycles. The second kappa shape index (κ2) is 5.22. The molecule has 3 rings (SSSR count). The lowest BCUT2D eigenvalue weighted by Crippen LogP contribution is -2.11. The summed E-state index contributed by atoms with van der Waals surface area (Å²) in [5.74, 6) is -0.219. The number of amides is 1. The third-order valence-electron chi connectivity index (χ3n) is 2.77. The molecule has 20 heavy (non-hydrogen) atoms. The number of hydrogen-bond donors (Lipinski definition) is 2. The van der Waals surface area contributed by atoms with Gasteiger partial charge in [-0.25, -0.2) is 4.98 Å². The maximum Gasteiger partial charge on any atom is 0.257 e. The summed E-state index contributed by atoms with van der Waals surface area (Å²) < 4.78 is 1.81. The number of carbonyl (C=O) groups excluding carboxylic acids is 1. The van der Waals surface area contributed by atoms with Crippen molar-refractivity contribution in [2.24, 2.45) is 0 Å². The van der Waals surface area contributed by atoms with Crippen LogP contribution in [0.4, 0.5) is 10.8 Å². The summed E-state index contributed by atoms with van der Waals surface area (Å²) in [4.78, 5) is 16.5. The molecule has 1 aromatic heterocycles. The van der Waals surface area contributed by atoms with E-state index < -0.39 is 0 Å². The summed E-state index contributed by atoms with van der Waals surface area (Å²) in [6.45, 7) is 0. The largest absolute Gasteiger partial charge is 0.398 e. The predicted molar refractivity (Wildman–Crippen MR) is 86.1 cm³/mol. The lowest BCUT2D eigenvalue weighted by atomic mass is 10.2. The standard InChI is InChI=1S/C14H10BrN3OS/c15-9-6-5-8(7-10(9)16)13(19)18-14-17-11-3-1-2-4-12(11)20-14/h1-7H,16H2,(H,17,18,19). The molecule has 4 nitrogen and oxygen atoms in total. The Hall–Kier alpha value is -1.92. The smallest absolute Gasteiger partial charge is 0.257 e. The van der Waals surface area contributed by atoms with Gasteiger partial charge in [0.15, 0.2) is 5.13 Å². The van der Waals surface area contributed by atoms with E-state index in [4.69, 9.17) is 5.73 Å². The van der Waals surface area contributed by atoms with Crippen LogP contribution in [0.1, 0.15) is 10.4 Å². The molecule has 0 aliphatic heterocycles. The van der Waals surface area contributed by atoms with Crippen LogP contribution < -0.4 is 11.1 Å². The Morgan fingerprint density at radius 1 is 1.25 bits per heavy atom. The van der Waals surface area contributed by atoms with E-state index in [1.165, 1.54) is 11.3 Å². The van der Waals surface area contributed by atoms with Crippen molar-refractivity contribution < 1.29 is 4.79 Å². The van der Waals surface area contributed by atoms with Crippen molar-refractivity contribution in [3.05, 3.63) is 52.5 Å². The molecular weight excluding hydrogens is 338 g/mol. The SMILES string of the molecule is Nc1cc(C(=O)Nc2nc3ccccc3s2)ccc1Br. The normalized spacial score (nSPS) is 10.7. The van der Waals surface area contributed by atoms with Crippen LogP contribution in [0.5, 0.6) is 0 Å². The van der Waals surface area contributed by atoms with Crippen LogP contribution in [0, 0.1) is 0 Å². The minimum absolute atomic E-state index is 0.219. The maximum atomic E-state index is 12.1. The number of halogens is 1. The van der Waals surface area contributed by atoms with Crippen LogP contribution in [0.3, 0.4) is 0 Å². The summed E-state index contributed by atoms with van der Waals surface area (Å²) in [6.07, 6.45) is 0. The summed E-state index contributed by atoms with van der Waals surface area (Å²) >= 11 is 4.75. The maximum absolute atomic E-state index is 12.1. The molecule has 1 heterocycles. The van der Waals surface area contributed by atoms with Crippen molar-refractivity contribution in [1.29, 1.82) is 0 Å². The van der Waals surface area contributed by atoms with E-state index in [2.05, 4.69) is 26.2 Å². The highest BCUT2D eigenvalue weighted by molar-refractivity contribution is 9.10. The fourth-order valence-electron chi connectivity index (χ4n) is 1.78. The molecule has 3 aromatic rings. The Morgan fingerprint density at radius 3 is 2.80 bits per heavy atom. The fraction of sp³-hybridized carbons (Fsp3) is 0. The monoisotopic (exact) mass is 347 g/mol. The Balaban J connectivity index is 1.86. The molecule has 0 aliphatic carbocycles. The molecule has 1 amide bonds. The Labute approximate surface area is 127 Å². The summed E-state index contributed by atoms with van der Waals surface area (Å²) in [7, 11) is 0. The van der Waals surface area contributed by atoms with E-state index >= 15 is 0 Å². The molecule has 0 spiro atoms. The lowest BCUT2D eigenvalue weighted by Gasteiger charge is -2.03. The summed E-state index contributed by atoms with van der Waals surface area (Å²) in [5, 5.41) is 3.37. The van der Waals surface area contributed by atoms with E-state index in [-0.39, 0.29) is 5.91 Å². The van der Waals surface area contributed by atoms with Crippen LogP contribution in [-0.4, -0.2) is 10.9 Å². The van der Waals surface area contributed by atoms with E-state index in [1.807, 2.05) is 24.3 Å². The fourth-order valence-corrected chi connectivity index (χ4v) is 2.89. The quantitative estimate of drug-likeness (QED) is 0.691. The third kappa shape index (κ3) is 2.52. The molecule has 2 aromatic carbocycles. The average Bonchev–Trinajstić information content (AvgIpc) is 2.83. The molecule has 0 atom stereocenters. The molecular formula is C14H10BrN3OS. The zero-order valence-electron chi connectivity index (χ0n) is 10.3. The molecule has 0 radical (unpaired) electrons. The number of aromatic nitrogens is 1. The van der Waals surface area contributed by atoms with Crippen molar-refractivity contribution in [3.63, 3.8) is 0 Å². The topological polar surface area (TPSA) is 68.0 Å². The number of benzene rings is 2. The number of para-hydroxylation sites is 1. The predicted octanol–water partition coefficient (Wildman–Crippen LogP) is 3.89. The van der Waals surface area contributed by atoms with Crippen LogP contribution >= 0.6 is 27.3 Å². The molecule has 0 bridgehead atoms. The van der Waals surface area contributed by atoms with Crippen molar-refractivity contribution in [1.82, 2.24) is 4.98 Å². The van der Waals surface area contributed by atoms with E-state index in [0.29, 0.717) is 16.4 Å². The number of anilines is 2. The van der Waals surface area contributed by atoms with Crippen molar-refractivity contribution in [3.8, 4) is 0 Å². The zero-order valence-corrected chi connectivity index (χ0v) is 12.7. The number of thiazole rings is 1. The highest BCUT2D eigenvalue weighted by Crippen LogP contribution is 2.26. The van der Waals surface area contributed by atoms with Gasteiger partial charge in [0.2, 0.25) is 0 Å². The van der Waals surface area contributed by atoms with Gasteiger partial charge in [-0.05, 0) is 46.3 Å². The van der Waals surface area contributed by atoms with E-state index in [0.717, 1.165) is 14.7 Å². The van der Waals surface area contributed by atoms with Gasteiger partial charge in [-0.2, -0.15) is 0 Å². The minimum atomic E-state index is -0.219. The molecule has 6 heteroatoms. The van der Waals surface area contributed by atoms with Crippen molar-refractivity contribution >= 4 is 54.2 Å². The first-order chi connectivity index (χ1) is 9.63. The van der Waals surface area contributed by atoms with Gasteiger partial charge in [0.1, 0.15) is 0 Å². The Bertz CT molecular complexity index is 767. The van der Waals surface area contributed by atoms with Crippen molar-refractivity contribution in [2.45, 2.75) is 0 Å². The number of rotatable bonds is 2. The van der Waals surface area contributed by atoms with Crippen LogP contribution in [0.2, 0.25) is 0 Å². The number of nitrogens with one attached hydrogen (secondary N) is 1. The number of nitrogens with two attached hydrogens (primary N) is 1. The number of fused-ring (bicyclic) bond motifs is 1. The van der Waals surface area contributed by atoms with Gasteiger partial charge < -0.3 is 5.73 Å². The van der Waals surface area contributed by atoms with Gasteiger partial charge in [-0.15, -0.1) is 0 Å². The summed E-state index contributed by atoms with van der Waals surface area (Å²) in [6, 6.07) is 12.8. The summed E-state index contributed by atoms with van der Waals surface area (Å²) in [5.41, 5.74) is 7.69. The third-order valence-corrected chi connectivity index (χ3v) is 4.45. The molecule has 0 saturated heterocycles. The second-order valence-corrected chi connectivity index (χ2v) is 6.06.